The predicted molar refractivity (Wildman–Crippen MR) is 120 cm³/mol. The van der Waals surface area contributed by atoms with E-state index in [9.17, 15) is 22.8 Å². The van der Waals surface area contributed by atoms with Crippen molar-refractivity contribution in [3.8, 4) is 11.5 Å². The van der Waals surface area contributed by atoms with Gasteiger partial charge in [0, 0.05) is 36.2 Å². The Labute approximate surface area is 203 Å². The summed E-state index contributed by atoms with van der Waals surface area (Å²) >= 11 is 3.10. The fourth-order valence-electron chi connectivity index (χ4n) is 3.68. The Morgan fingerprint density at radius 2 is 1.76 bits per heavy atom. The maximum Gasteiger partial charge on any atom is 0.502 e. The number of carboxylic acid groups (broad SMARTS) is 1. The van der Waals surface area contributed by atoms with Gasteiger partial charge in [0.15, 0.2) is 18.1 Å². The molecule has 3 rings (SSSR count). The lowest BCUT2D eigenvalue weighted by Gasteiger charge is -2.44. The van der Waals surface area contributed by atoms with Gasteiger partial charge in [-0.15, -0.1) is 0 Å². The molecule has 184 valence electrons. The van der Waals surface area contributed by atoms with Gasteiger partial charge in [-0.1, -0.05) is 28.1 Å². The summed E-state index contributed by atoms with van der Waals surface area (Å²) in [6.07, 6.45) is -4.46. The van der Waals surface area contributed by atoms with Crippen molar-refractivity contribution in [2.24, 2.45) is 0 Å². The standard InChI is InChI=1S/C23H24BrF3N2O5/c1-14-11-29(15(2)10-28(14)12-16-3-6-18(25)7-4-16)21(30)13-33-19-8-5-17(24)9-20(19)34-23(26,27)22(31)32/h3-9,14-15H,10-13H2,1-2H3,(H,31,32). The van der Waals surface area contributed by atoms with Crippen molar-refractivity contribution < 1.29 is 37.3 Å². The number of carboxylic acids is 1. The molecule has 0 saturated carbocycles. The number of hydrogen-bond acceptors (Lipinski definition) is 5. The van der Waals surface area contributed by atoms with Crippen LogP contribution in [0, 0.1) is 5.82 Å². The van der Waals surface area contributed by atoms with Gasteiger partial charge in [-0.2, -0.15) is 8.78 Å². The van der Waals surface area contributed by atoms with Crippen LogP contribution in [-0.2, 0) is 16.1 Å². The van der Waals surface area contributed by atoms with E-state index in [0.717, 1.165) is 11.6 Å². The number of ether oxygens (including phenoxy) is 2. The van der Waals surface area contributed by atoms with Crippen LogP contribution in [0.4, 0.5) is 13.2 Å². The number of aliphatic carboxylic acids is 1. The van der Waals surface area contributed by atoms with Crippen molar-refractivity contribution in [2.45, 2.75) is 38.6 Å². The third kappa shape index (κ3) is 6.41. The van der Waals surface area contributed by atoms with Gasteiger partial charge in [-0.05, 0) is 49.7 Å². The van der Waals surface area contributed by atoms with Crippen molar-refractivity contribution in [1.82, 2.24) is 9.80 Å². The van der Waals surface area contributed by atoms with Gasteiger partial charge in [0.1, 0.15) is 5.82 Å². The van der Waals surface area contributed by atoms with E-state index in [1.807, 2.05) is 13.8 Å². The van der Waals surface area contributed by atoms with Gasteiger partial charge in [-0.3, -0.25) is 9.69 Å². The lowest BCUT2D eigenvalue weighted by atomic mass is 10.1. The summed E-state index contributed by atoms with van der Waals surface area (Å²) in [4.78, 5) is 27.4. The maximum atomic E-state index is 13.5. The van der Waals surface area contributed by atoms with E-state index < -0.39 is 24.4 Å². The number of piperazine rings is 1. The van der Waals surface area contributed by atoms with E-state index in [-0.39, 0.29) is 29.6 Å². The van der Waals surface area contributed by atoms with Crippen molar-refractivity contribution in [3.05, 3.63) is 58.3 Å². The molecule has 7 nitrogen and oxygen atoms in total. The van der Waals surface area contributed by atoms with Crippen LogP contribution in [0.25, 0.3) is 0 Å². The average Bonchev–Trinajstić information content (AvgIpc) is 2.76. The van der Waals surface area contributed by atoms with Crippen LogP contribution in [0.2, 0.25) is 0 Å². The number of carbonyl (C=O) groups excluding carboxylic acids is 1. The van der Waals surface area contributed by atoms with Gasteiger partial charge < -0.3 is 19.5 Å². The fraction of sp³-hybridized carbons (Fsp3) is 0.391. The first-order chi connectivity index (χ1) is 16.0. The van der Waals surface area contributed by atoms with Crippen LogP contribution in [0.5, 0.6) is 11.5 Å². The lowest BCUT2D eigenvalue weighted by Crippen LogP contribution is -2.58. The molecule has 34 heavy (non-hydrogen) atoms. The smallest absolute Gasteiger partial charge is 0.480 e. The highest BCUT2D eigenvalue weighted by molar-refractivity contribution is 9.10. The first kappa shape index (κ1) is 25.8. The summed E-state index contributed by atoms with van der Waals surface area (Å²) in [5, 5.41) is 8.62. The van der Waals surface area contributed by atoms with E-state index in [2.05, 4.69) is 25.6 Å². The van der Waals surface area contributed by atoms with E-state index in [1.54, 1.807) is 17.0 Å². The van der Waals surface area contributed by atoms with Gasteiger partial charge in [-0.25, -0.2) is 9.18 Å². The molecule has 0 aromatic heterocycles. The molecular weight excluding hydrogens is 521 g/mol. The number of carbonyl (C=O) groups is 2. The van der Waals surface area contributed by atoms with E-state index in [4.69, 9.17) is 9.84 Å². The summed E-state index contributed by atoms with van der Waals surface area (Å²) in [5.74, 6) is -3.80. The molecule has 0 spiro atoms. The average molecular weight is 545 g/mol. The second kappa shape index (κ2) is 10.6. The Morgan fingerprint density at radius 1 is 1.09 bits per heavy atom. The van der Waals surface area contributed by atoms with Gasteiger partial charge in [0.25, 0.3) is 5.91 Å². The second-order valence-electron chi connectivity index (χ2n) is 8.10. The van der Waals surface area contributed by atoms with Crippen LogP contribution in [0.15, 0.2) is 46.9 Å². The van der Waals surface area contributed by atoms with Crippen molar-refractivity contribution in [3.63, 3.8) is 0 Å². The number of benzene rings is 2. The first-order valence-corrected chi connectivity index (χ1v) is 11.3. The highest BCUT2D eigenvalue weighted by Crippen LogP contribution is 2.34. The molecular formula is C23H24BrF3N2O5. The molecule has 2 aromatic rings. The molecule has 0 radical (unpaired) electrons. The Morgan fingerprint density at radius 3 is 2.41 bits per heavy atom. The third-order valence-corrected chi connectivity index (χ3v) is 5.97. The molecule has 0 aliphatic carbocycles. The predicted octanol–water partition coefficient (Wildman–Crippen LogP) is 4.14. The zero-order valence-corrected chi connectivity index (χ0v) is 20.1. The SMILES string of the molecule is CC1CN(C(=O)COc2ccc(Br)cc2OC(F)(F)C(=O)O)C(C)CN1Cc1ccc(F)cc1. The second-order valence-corrected chi connectivity index (χ2v) is 9.02. The first-order valence-electron chi connectivity index (χ1n) is 10.5. The van der Waals surface area contributed by atoms with Crippen LogP contribution in [-0.4, -0.2) is 64.7 Å². The van der Waals surface area contributed by atoms with Crippen molar-refractivity contribution in [1.29, 1.82) is 0 Å². The van der Waals surface area contributed by atoms with Crippen LogP contribution < -0.4 is 9.47 Å². The zero-order valence-electron chi connectivity index (χ0n) is 18.5. The van der Waals surface area contributed by atoms with Gasteiger partial charge in [0.05, 0.1) is 0 Å². The molecule has 2 atom stereocenters. The molecule has 1 fully saturated rings. The Kier molecular flexibility index (Phi) is 8.09. The number of rotatable bonds is 8. The molecule has 1 heterocycles. The maximum absolute atomic E-state index is 13.5. The summed E-state index contributed by atoms with van der Waals surface area (Å²) in [7, 11) is 0. The number of hydrogen-bond donors (Lipinski definition) is 1. The highest BCUT2D eigenvalue weighted by atomic mass is 79.9. The lowest BCUT2D eigenvalue weighted by molar-refractivity contribution is -0.211. The van der Waals surface area contributed by atoms with Crippen molar-refractivity contribution in [2.75, 3.05) is 19.7 Å². The Balaban J connectivity index is 1.62. The zero-order chi connectivity index (χ0) is 25.0. The summed E-state index contributed by atoms with van der Waals surface area (Å²) in [6.45, 7) is 5.05. The molecule has 2 aromatic carbocycles. The van der Waals surface area contributed by atoms with E-state index in [0.29, 0.717) is 24.1 Å². The van der Waals surface area contributed by atoms with Crippen LogP contribution in [0.1, 0.15) is 19.4 Å². The molecule has 2 unspecified atom stereocenters. The third-order valence-electron chi connectivity index (χ3n) is 5.48. The normalized spacial score (nSPS) is 19.1. The molecule has 1 N–H and O–H groups in total. The van der Waals surface area contributed by atoms with Crippen LogP contribution >= 0.6 is 15.9 Å². The topological polar surface area (TPSA) is 79.3 Å². The highest BCUT2D eigenvalue weighted by Gasteiger charge is 2.43. The van der Waals surface area contributed by atoms with E-state index in [1.165, 1.54) is 24.3 Å². The largest absolute Gasteiger partial charge is 0.502 e. The number of halogens is 4. The monoisotopic (exact) mass is 544 g/mol. The number of nitrogens with zero attached hydrogens (tertiary/aromatic N) is 2. The minimum Gasteiger partial charge on any atom is -0.480 e. The van der Waals surface area contributed by atoms with E-state index >= 15 is 0 Å². The van der Waals surface area contributed by atoms with Crippen LogP contribution in [0.3, 0.4) is 0 Å². The Bertz CT molecular complexity index is 1040. The summed E-state index contributed by atoms with van der Waals surface area (Å²) in [5.41, 5.74) is 0.962. The minimum atomic E-state index is -4.46. The van der Waals surface area contributed by atoms with Gasteiger partial charge >= 0.3 is 12.1 Å². The molecule has 0 bridgehead atoms. The summed E-state index contributed by atoms with van der Waals surface area (Å²) < 4.78 is 50.4. The van der Waals surface area contributed by atoms with Crippen molar-refractivity contribution >= 4 is 27.8 Å². The molecule has 1 aliphatic heterocycles. The van der Waals surface area contributed by atoms with Gasteiger partial charge in [0.2, 0.25) is 0 Å². The number of alkyl halides is 2. The quantitative estimate of drug-likeness (QED) is 0.538. The summed E-state index contributed by atoms with van der Waals surface area (Å²) in [6, 6.07) is 10.1. The minimum absolute atomic E-state index is 0.0195. The molecule has 1 amide bonds. The molecule has 1 aliphatic rings. The number of amides is 1. The molecule has 11 heteroatoms. The molecule has 1 saturated heterocycles. The fourth-order valence-corrected chi connectivity index (χ4v) is 4.02. The Hall–Kier alpha value is -2.79.